The monoisotopic (exact) mass is 479 g/mol. The minimum Gasteiger partial charge on any atom is -0.494 e. The van der Waals surface area contributed by atoms with Crippen LogP contribution >= 0.6 is 0 Å². The molecule has 0 aliphatic carbocycles. The topological polar surface area (TPSA) is 88.2 Å². The molecule has 2 aromatic carbocycles. The lowest BCUT2D eigenvalue weighted by Gasteiger charge is -2.26. The summed E-state index contributed by atoms with van der Waals surface area (Å²) in [6.45, 7) is 6.29. The number of rotatable bonds is 11. The third-order valence-corrected chi connectivity index (χ3v) is 6.99. The summed E-state index contributed by atoms with van der Waals surface area (Å²) < 4.78 is 51.8. The molecule has 180 valence electrons. The van der Waals surface area contributed by atoms with E-state index in [2.05, 4.69) is 10.2 Å². The summed E-state index contributed by atoms with van der Waals surface area (Å²) in [5.41, 5.74) is 0.203. The van der Waals surface area contributed by atoms with Crippen LogP contribution in [0.15, 0.2) is 53.4 Å². The second-order valence-corrected chi connectivity index (χ2v) is 9.41. The van der Waals surface area contributed by atoms with Crippen molar-refractivity contribution in [2.24, 2.45) is 0 Å². The number of hydrogen-bond acceptors (Lipinski definition) is 6. The number of morpholine rings is 1. The quantitative estimate of drug-likeness (QED) is 0.498. The van der Waals surface area contributed by atoms with Crippen molar-refractivity contribution < 1.29 is 27.1 Å². The summed E-state index contributed by atoms with van der Waals surface area (Å²) in [4.78, 5) is 14.9. The molecule has 0 bridgehead atoms. The van der Waals surface area contributed by atoms with Gasteiger partial charge in [0.15, 0.2) is 0 Å². The first-order chi connectivity index (χ1) is 15.9. The molecular formula is C23H30FN3O5S. The van der Waals surface area contributed by atoms with E-state index in [-0.39, 0.29) is 10.6 Å². The summed E-state index contributed by atoms with van der Waals surface area (Å²) in [7, 11) is -4.07. The van der Waals surface area contributed by atoms with Gasteiger partial charge in [-0.3, -0.25) is 14.0 Å². The average Bonchev–Trinajstić information content (AvgIpc) is 2.82. The van der Waals surface area contributed by atoms with Crippen molar-refractivity contribution in [3.63, 3.8) is 0 Å². The van der Waals surface area contributed by atoms with E-state index >= 15 is 0 Å². The van der Waals surface area contributed by atoms with Gasteiger partial charge in [-0.2, -0.15) is 0 Å². The van der Waals surface area contributed by atoms with Crippen LogP contribution in [0, 0.1) is 5.82 Å². The van der Waals surface area contributed by atoms with Crippen LogP contribution in [-0.2, 0) is 19.6 Å². The Morgan fingerprint density at radius 1 is 1.12 bits per heavy atom. The van der Waals surface area contributed by atoms with Crippen LogP contribution in [0.1, 0.15) is 13.3 Å². The molecular weight excluding hydrogens is 449 g/mol. The Morgan fingerprint density at radius 2 is 1.79 bits per heavy atom. The van der Waals surface area contributed by atoms with Gasteiger partial charge in [0.05, 0.1) is 30.4 Å². The van der Waals surface area contributed by atoms with E-state index in [1.54, 1.807) is 12.1 Å². The molecule has 0 radical (unpaired) electrons. The molecule has 8 nitrogen and oxygen atoms in total. The molecule has 0 atom stereocenters. The largest absolute Gasteiger partial charge is 0.494 e. The molecule has 1 heterocycles. The fraction of sp³-hybridized carbons (Fsp3) is 0.435. The van der Waals surface area contributed by atoms with Crippen LogP contribution in [0.3, 0.4) is 0 Å². The van der Waals surface area contributed by atoms with Crippen molar-refractivity contribution in [3.8, 4) is 5.75 Å². The highest BCUT2D eigenvalue weighted by atomic mass is 32.2. The number of hydrogen-bond donors (Lipinski definition) is 1. The Bertz CT molecular complexity index is 994. The van der Waals surface area contributed by atoms with Crippen LogP contribution < -0.4 is 14.4 Å². The predicted molar refractivity (Wildman–Crippen MR) is 123 cm³/mol. The zero-order valence-corrected chi connectivity index (χ0v) is 19.5. The Morgan fingerprint density at radius 3 is 2.42 bits per heavy atom. The maximum absolute atomic E-state index is 13.4. The Kier molecular flexibility index (Phi) is 9.04. The third-order valence-electron chi connectivity index (χ3n) is 5.20. The van der Waals surface area contributed by atoms with E-state index in [9.17, 15) is 17.6 Å². The Hall–Kier alpha value is -2.69. The third kappa shape index (κ3) is 7.15. The number of nitrogens with one attached hydrogen (secondary N) is 1. The molecule has 1 N–H and O–H groups in total. The predicted octanol–water partition coefficient (Wildman–Crippen LogP) is 2.26. The highest BCUT2D eigenvalue weighted by molar-refractivity contribution is 7.92. The Balaban J connectivity index is 1.68. The van der Waals surface area contributed by atoms with Crippen molar-refractivity contribution >= 4 is 21.6 Å². The fourth-order valence-electron chi connectivity index (χ4n) is 3.47. The van der Waals surface area contributed by atoms with Gasteiger partial charge in [0.1, 0.15) is 18.1 Å². The summed E-state index contributed by atoms with van der Waals surface area (Å²) >= 11 is 0. The van der Waals surface area contributed by atoms with Crippen molar-refractivity contribution in [1.29, 1.82) is 0 Å². The number of nitrogens with zero attached hydrogens (tertiary/aromatic N) is 2. The first-order valence-corrected chi connectivity index (χ1v) is 12.4. The smallest absolute Gasteiger partial charge is 0.264 e. The van der Waals surface area contributed by atoms with Crippen molar-refractivity contribution in [1.82, 2.24) is 10.2 Å². The van der Waals surface area contributed by atoms with Gasteiger partial charge in [-0.25, -0.2) is 12.8 Å². The van der Waals surface area contributed by atoms with Gasteiger partial charge < -0.3 is 14.8 Å². The number of carbonyl (C=O) groups excluding carboxylic acids is 1. The summed E-state index contributed by atoms with van der Waals surface area (Å²) in [6.07, 6.45) is 0.744. The fourth-order valence-corrected chi connectivity index (χ4v) is 4.89. The van der Waals surface area contributed by atoms with Gasteiger partial charge in [-0.1, -0.05) is 0 Å². The standard InChI is InChI=1S/C23H30FN3O5S/c1-2-32-21-8-10-22(11-9-21)33(29,30)27(20-6-4-19(24)5-7-20)18-23(28)25-12-3-13-26-14-16-31-17-15-26/h4-11H,2-3,12-18H2,1H3,(H,25,28). The van der Waals surface area contributed by atoms with E-state index in [1.807, 2.05) is 6.92 Å². The highest BCUT2D eigenvalue weighted by Crippen LogP contribution is 2.25. The number of sulfonamides is 1. The van der Waals surface area contributed by atoms with Gasteiger partial charge in [-0.15, -0.1) is 0 Å². The first kappa shape index (κ1) is 24.9. The minimum absolute atomic E-state index is 0.00963. The molecule has 10 heteroatoms. The van der Waals surface area contributed by atoms with Gasteiger partial charge in [0, 0.05) is 19.6 Å². The van der Waals surface area contributed by atoms with Crippen LogP contribution in [0.25, 0.3) is 0 Å². The molecule has 1 fully saturated rings. The van der Waals surface area contributed by atoms with Gasteiger partial charge in [0.25, 0.3) is 10.0 Å². The molecule has 1 aliphatic rings. The Labute approximate surface area is 194 Å². The van der Waals surface area contributed by atoms with Crippen molar-refractivity contribution in [3.05, 3.63) is 54.3 Å². The first-order valence-electron chi connectivity index (χ1n) is 11.0. The van der Waals surface area contributed by atoms with E-state index in [0.717, 1.165) is 42.5 Å². The van der Waals surface area contributed by atoms with Crippen LogP contribution in [0.2, 0.25) is 0 Å². The van der Waals surface area contributed by atoms with Crippen LogP contribution in [0.4, 0.5) is 10.1 Å². The van der Waals surface area contributed by atoms with E-state index < -0.39 is 28.3 Å². The van der Waals surface area contributed by atoms with E-state index in [0.29, 0.717) is 32.1 Å². The maximum Gasteiger partial charge on any atom is 0.264 e. The van der Waals surface area contributed by atoms with Gasteiger partial charge >= 0.3 is 0 Å². The molecule has 1 amide bonds. The summed E-state index contributed by atoms with van der Waals surface area (Å²) in [6, 6.07) is 11.0. The molecule has 1 saturated heterocycles. The lowest BCUT2D eigenvalue weighted by atomic mass is 10.3. The lowest BCUT2D eigenvalue weighted by molar-refractivity contribution is -0.119. The number of anilines is 1. The average molecular weight is 480 g/mol. The molecule has 3 rings (SSSR count). The van der Waals surface area contributed by atoms with Gasteiger partial charge in [-0.05, 0) is 68.4 Å². The molecule has 1 aliphatic heterocycles. The number of amides is 1. The van der Waals surface area contributed by atoms with Crippen molar-refractivity contribution in [2.75, 3.05) is 56.8 Å². The highest BCUT2D eigenvalue weighted by Gasteiger charge is 2.27. The normalized spacial score (nSPS) is 14.6. The van der Waals surface area contributed by atoms with Crippen LogP contribution in [0.5, 0.6) is 5.75 Å². The van der Waals surface area contributed by atoms with Crippen LogP contribution in [-0.4, -0.2) is 71.8 Å². The number of ether oxygens (including phenoxy) is 2. The van der Waals surface area contributed by atoms with E-state index in [4.69, 9.17) is 9.47 Å². The molecule has 0 aromatic heterocycles. The SMILES string of the molecule is CCOc1ccc(S(=O)(=O)N(CC(=O)NCCCN2CCOCC2)c2ccc(F)cc2)cc1. The summed E-state index contributed by atoms with van der Waals surface area (Å²) in [5.74, 6) is -0.386. The molecule has 0 spiro atoms. The second-order valence-electron chi connectivity index (χ2n) is 7.55. The zero-order valence-electron chi connectivity index (χ0n) is 18.7. The molecule has 2 aromatic rings. The minimum atomic E-state index is -4.07. The molecule has 33 heavy (non-hydrogen) atoms. The van der Waals surface area contributed by atoms with Crippen molar-refractivity contribution in [2.45, 2.75) is 18.2 Å². The maximum atomic E-state index is 13.4. The number of carbonyl (C=O) groups is 1. The lowest BCUT2D eigenvalue weighted by Crippen LogP contribution is -2.42. The zero-order chi connectivity index (χ0) is 23.7. The molecule has 0 saturated carbocycles. The number of halogens is 1. The van der Waals surface area contributed by atoms with E-state index in [1.165, 1.54) is 24.3 Å². The number of benzene rings is 2. The van der Waals surface area contributed by atoms with Gasteiger partial charge in [0.2, 0.25) is 5.91 Å². The second kappa shape index (κ2) is 12.0. The molecule has 0 unspecified atom stereocenters. The summed E-state index contributed by atoms with van der Waals surface area (Å²) in [5, 5.41) is 2.79.